The molecule has 0 fully saturated rings. The first kappa shape index (κ1) is 18.4. The van der Waals surface area contributed by atoms with Crippen LogP contribution in [0.1, 0.15) is 53.4 Å². The van der Waals surface area contributed by atoms with Crippen molar-refractivity contribution in [2.24, 2.45) is 5.92 Å². The van der Waals surface area contributed by atoms with Crippen LogP contribution in [-0.4, -0.2) is 11.0 Å². The van der Waals surface area contributed by atoms with Gasteiger partial charge in [0.1, 0.15) is 0 Å². The maximum atomic E-state index is 2.33. The minimum Gasteiger partial charge on any atom is -0.412 e. The van der Waals surface area contributed by atoms with Crippen LogP contribution in [0.25, 0.3) is 0 Å². The summed E-state index contributed by atoms with van der Waals surface area (Å²) in [6, 6.07) is 0. The fraction of sp³-hybridized carbons (Fsp3) is 0.818. The van der Waals surface area contributed by atoms with Crippen LogP contribution in [0.5, 0.6) is 0 Å². The van der Waals surface area contributed by atoms with Gasteiger partial charge >= 0.3 is 0 Å². The molecule has 13 heavy (non-hydrogen) atoms. The van der Waals surface area contributed by atoms with E-state index in [2.05, 4.69) is 33.8 Å². The Morgan fingerprint density at radius 1 is 1.08 bits per heavy atom. The van der Waals surface area contributed by atoms with E-state index in [-0.39, 0.29) is 11.0 Å². The van der Waals surface area contributed by atoms with Crippen molar-refractivity contribution in [2.75, 3.05) is 0 Å². The summed E-state index contributed by atoms with van der Waals surface area (Å²) in [4.78, 5) is 0. The van der Waals surface area contributed by atoms with Crippen LogP contribution in [-0.2, 0) is 0 Å². The zero-order chi connectivity index (χ0) is 8.69. The van der Waals surface area contributed by atoms with E-state index in [1.165, 1.54) is 31.3 Å². The SMILES string of the molecule is CC(C)=CCCCCC(C)C.O.O. The van der Waals surface area contributed by atoms with Crippen molar-refractivity contribution in [1.82, 2.24) is 0 Å². The second-order valence-electron chi connectivity index (χ2n) is 3.96. The highest BCUT2D eigenvalue weighted by Gasteiger charge is 1.92. The summed E-state index contributed by atoms with van der Waals surface area (Å²) in [5.74, 6) is 0.877. The van der Waals surface area contributed by atoms with Crippen molar-refractivity contribution in [3.05, 3.63) is 11.6 Å². The van der Waals surface area contributed by atoms with Gasteiger partial charge in [-0.2, -0.15) is 0 Å². The lowest BCUT2D eigenvalue weighted by atomic mass is 10.0. The minimum absolute atomic E-state index is 0. The standard InChI is InChI=1S/C11H22.2H2O/c1-10(2)8-6-5-7-9-11(3)4;;/h8,11H,5-7,9H2,1-4H3;2*1H2. The molecule has 0 rings (SSSR count). The maximum Gasteiger partial charge on any atom is -0.0348 e. The van der Waals surface area contributed by atoms with E-state index >= 15 is 0 Å². The molecule has 4 N–H and O–H groups in total. The first-order chi connectivity index (χ1) is 5.13. The Hall–Kier alpha value is -0.340. The molecule has 0 heterocycles. The predicted octanol–water partition coefficient (Wildman–Crippen LogP) is 2.52. The Morgan fingerprint density at radius 2 is 1.62 bits per heavy atom. The molecular weight excluding hydrogens is 164 g/mol. The van der Waals surface area contributed by atoms with Gasteiger partial charge in [-0.1, -0.05) is 38.3 Å². The summed E-state index contributed by atoms with van der Waals surface area (Å²) < 4.78 is 0. The molecule has 0 aromatic rings. The molecule has 0 aromatic heterocycles. The third-order valence-electron chi connectivity index (χ3n) is 1.79. The molecule has 0 saturated carbocycles. The van der Waals surface area contributed by atoms with Gasteiger partial charge in [-0.05, 0) is 32.6 Å². The number of allylic oxidation sites excluding steroid dienone is 2. The molecule has 0 bridgehead atoms. The molecule has 82 valence electrons. The predicted molar refractivity (Wildman–Crippen MR) is 60.0 cm³/mol. The van der Waals surface area contributed by atoms with E-state index in [9.17, 15) is 0 Å². The highest BCUT2D eigenvalue weighted by Crippen LogP contribution is 2.08. The van der Waals surface area contributed by atoms with Gasteiger partial charge in [-0.3, -0.25) is 0 Å². The van der Waals surface area contributed by atoms with Crippen LogP contribution >= 0.6 is 0 Å². The third-order valence-corrected chi connectivity index (χ3v) is 1.79. The van der Waals surface area contributed by atoms with E-state index in [0.29, 0.717) is 0 Å². The first-order valence-corrected chi connectivity index (χ1v) is 4.76. The highest BCUT2D eigenvalue weighted by atomic mass is 16.0. The normalized spacial score (nSPS) is 8.69. The third kappa shape index (κ3) is 18.5. The van der Waals surface area contributed by atoms with E-state index in [4.69, 9.17) is 0 Å². The van der Waals surface area contributed by atoms with Crippen LogP contribution in [0.2, 0.25) is 0 Å². The molecule has 0 radical (unpaired) electrons. The summed E-state index contributed by atoms with van der Waals surface area (Å²) in [5, 5.41) is 0. The van der Waals surface area contributed by atoms with Gasteiger partial charge in [0.05, 0.1) is 0 Å². The lowest BCUT2D eigenvalue weighted by Crippen LogP contribution is -1.85. The lowest BCUT2D eigenvalue weighted by molar-refractivity contribution is 0.540. The Morgan fingerprint density at radius 3 is 2.00 bits per heavy atom. The van der Waals surface area contributed by atoms with Gasteiger partial charge in [-0.25, -0.2) is 0 Å². The Labute approximate surface area is 82.7 Å². The van der Waals surface area contributed by atoms with Crippen molar-refractivity contribution < 1.29 is 11.0 Å². The molecule has 0 amide bonds. The van der Waals surface area contributed by atoms with Gasteiger partial charge < -0.3 is 11.0 Å². The van der Waals surface area contributed by atoms with Crippen molar-refractivity contribution in [3.8, 4) is 0 Å². The summed E-state index contributed by atoms with van der Waals surface area (Å²) >= 11 is 0. The first-order valence-electron chi connectivity index (χ1n) is 4.76. The molecule has 0 saturated heterocycles. The zero-order valence-corrected chi connectivity index (χ0v) is 9.48. The second kappa shape index (κ2) is 11.7. The Bertz CT molecular complexity index is 113. The van der Waals surface area contributed by atoms with Gasteiger partial charge in [0.25, 0.3) is 0 Å². The average Bonchev–Trinajstić information content (AvgIpc) is 1.85. The van der Waals surface area contributed by atoms with E-state index < -0.39 is 0 Å². The van der Waals surface area contributed by atoms with Crippen LogP contribution in [0.15, 0.2) is 11.6 Å². The van der Waals surface area contributed by atoms with Gasteiger partial charge in [0.15, 0.2) is 0 Å². The van der Waals surface area contributed by atoms with Crippen molar-refractivity contribution in [3.63, 3.8) is 0 Å². The molecule has 0 unspecified atom stereocenters. The minimum atomic E-state index is 0. The smallest absolute Gasteiger partial charge is 0.0348 e. The van der Waals surface area contributed by atoms with Gasteiger partial charge in [0, 0.05) is 0 Å². The number of hydrogen-bond donors (Lipinski definition) is 0. The molecule has 0 aliphatic rings. The highest BCUT2D eigenvalue weighted by molar-refractivity contribution is 4.92. The quantitative estimate of drug-likeness (QED) is 0.472. The number of hydrogen-bond acceptors (Lipinski definition) is 0. The zero-order valence-electron chi connectivity index (χ0n) is 9.48. The van der Waals surface area contributed by atoms with Gasteiger partial charge in [-0.15, -0.1) is 0 Å². The van der Waals surface area contributed by atoms with Crippen molar-refractivity contribution in [2.45, 2.75) is 53.4 Å². The largest absolute Gasteiger partial charge is 0.412 e. The molecule has 0 aliphatic heterocycles. The van der Waals surface area contributed by atoms with Crippen molar-refractivity contribution in [1.29, 1.82) is 0 Å². The van der Waals surface area contributed by atoms with Crippen LogP contribution < -0.4 is 0 Å². The van der Waals surface area contributed by atoms with E-state index in [1.807, 2.05) is 0 Å². The summed E-state index contributed by atoms with van der Waals surface area (Å²) in [6.45, 7) is 8.92. The topological polar surface area (TPSA) is 63.0 Å². The lowest BCUT2D eigenvalue weighted by Gasteiger charge is -2.01. The summed E-state index contributed by atoms with van der Waals surface area (Å²) in [5.41, 5.74) is 1.45. The molecule has 0 aliphatic carbocycles. The molecule has 0 aromatic carbocycles. The fourth-order valence-corrected chi connectivity index (χ4v) is 1.09. The molecule has 2 heteroatoms. The number of unbranched alkanes of at least 4 members (excludes halogenated alkanes) is 2. The van der Waals surface area contributed by atoms with Crippen LogP contribution in [0.4, 0.5) is 0 Å². The molecular formula is C11H26O2. The van der Waals surface area contributed by atoms with E-state index in [1.54, 1.807) is 0 Å². The van der Waals surface area contributed by atoms with Crippen molar-refractivity contribution >= 4 is 0 Å². The maximum absolute atomic E-state index is 2.33. The summed E-state index contributed by atoms with van der Waals surface area (Å²) in [7, 11) is 0. The van der Waals surface area contributed by atoms with E-state index in [0.717, 1.165) is 5.92 Å². The number of rotatable bonds is 5. The second-order valence-corrected chi connectivity index (χ2v) is 3.96. The average molecular weight is 190 g/mol. The molecule has 0 atom stereocenters. The van der Waals surface area contributed by atoms with Gasteiger partial charge in [0.2, 0.25) is 0 Å². The Balaban J connectivity index is -0.000000500. The van der Waals surface area contributed by atoms with Crippen LogP contribution in [0.3, 0.4) is 0 Å². The monoisotopic (exact) mass is 190 g/mol. The Kier molecular flexibility index (Phi) is 16.5. The molecule has 0 spiro atoms. The molecule has 2 nitrogen and oxygen atoms in total. The summed E-state index contributed by atoms with van der Waals surface area (Å²) in [6.07, 6.45) is 7.75. The van der Waals surface area contributed by atoms with Crippen LogP contribution in [0, 0.1) is 5.92 Å². The fourth-order valence-electron chi connectivity index (χ4n) is 1.09.